The first-order valence-electron chi connectivity index (χ1n) is 7.13. The largest absolute Gasteiger partial charge is 0.383 e. The number of hydrogen-bond donors (Lipinski definition) is 2. The second-order valence-corrected chi connectivity index (χ2v) is 5.23. The zero-order valence-electron chi connectivity index (χ0n) is 12.7. The van der Waals surface area contributed by atoms with Crippen LogP contribution < -0.4 is 11.1 Å². The maximum Gasteiger partial charge on any atom is 0.134 e. The first kappa shape index (κ1) is 15.2. The fourth-order valence-corrected chi connectivity index (χ4v) is 2.14. The topological polar surface area (TPSA) is 63.8 Å². The van der Waals surface area contributed by atoms with Crippen molar-refractivity contribution in [2.24, 2.45) is 0 Å². The van der Waals surface area contributed by atoms with Crippen LogP contribution in [0.1, 0.15) is 30.8 Å². The number of aryl methyl sites for hydroxylation is 1. The minimum absolute atomic E-state index is 0.160. The standard InChI is InChI=1S/C16H21FN4/c1-4-14-20-15(18)11(3)16(21-14)19-10(2)9-12-5-7-13(17)8-6-12/h5-8,10H,4,9H2,1-3H3,(H3,18,19,20,21). The van der Waals surface area contributed by atoms with Crippen LogP contribution >= 0.6 is 0 Å². The van der Waals surface area contributed by atoms with Crippen molar-refractivity contribution in [3.63, 3.8) is 0 Å². The summed E-state index contributed by atoms with van der Waals surface area (Å²) in [6.07, 6.45) is 1.52. The lowest BCUT2D eigenvalue weighted by Crippen LogP contribution is -2.21. The minimum atomic E-state index is -0.216. The first-order chi connectivity index (χ1) is 9.99. The number of halogens is 1. The fraction of sp³-hybridized carbons (Fsp3) is 0.375. The van der Waals surface area contributed by atoms with E-state index in [1.165, 1.54) is 12.1 Å². The van der Waals surface area contributed by atoms with E-state index in [-0.39, 0.29) is 11.9 Å². The van der Waals surface area contributed by atoms with Gasteiger partial charge < -0.3 is 11.1 Å². The van der Waals surface area contributed by atoms with Crippen LogP contribution in [0.5, 0.6) is 0 Å². The molecule has 5 heteroatoms. The molecule has 3 N–H and O–H groups in total. The van der Waals surface area contributed by atoms with Crippen LogP contribution in [-0.4, -0.2) is 16.0 Å². The molecule has 0 spiro atoms. The monoisotopic (exact) mass is 288 g/mol. The fourth-order valence-electron chi connectivity index (χ4n) is 2.14. The first-order valence-corrected chi connectivity index (χ1v) is 7.13. The van der Waals surface area contributed by atoms with Crippen LogP contribution in [-0.2, 0) is 12.8 Å². The Hall–Kier alpha value is -2.17. The molecule has 1 aromatic carbocycles. The van der Waals surface area contributed by atoms with Crippen molar-refractivity contribution in [3.05, 3.63) is 47.0 Å². The lowest BCUT2D eigenvalue weighted by Gasteiger charge is -2.17. The lowest BCUT2D eigenvalue weighted by atomic mass is 10.1. The number of nitrogens with two attached hydrogens (primary N) is 1. The van der Waals surface area contributed by atoms with Gasteiger partial charge in [0, 0.05) is 18.0 Å². The molecule has 1 atom stereocenters. The van der Waals surface area contributed by atoms with E-state index < -0.39 is 0 Å². The van der Waals surface area contributed by atoms with Gasteiger partial charge in [-0.1, -0.05) is 19.1 Å². The number of nitrogen functional groups attached to an aromatic ring is 1. The Labute approximate surface area is 124 Å². The molecular formula is C16H21FN4. The van der Waals surface area contributed by atoms with Crippen LogP contribution in [0.4, 0.5) is 16.0 Å². The lowest BCUT2D eigenvalue weighted by molar-refractivity contribution is 0.626. The van der Waals surface area contributed by atoms with Gasteiger partial charge in [0.1, 0.15) is 23.3 Å². The van der Waals surface area contributed by atoms with E-state index in [1.54, 1.807) is 12.1 Å². The van der Waals surface area contributed by atoms with Crippen molar-refractivity contribution in [2.75, 3.05) is 11.1 Å². The van der Waals surface area contributed by atoms with Crippen molar-refractivity contribution in [2.45, 2.75) is 39.7 Å². The van der Waals surface area contributed by atoms with Crippen molar-refractivity contribution < 1.29 is 4.39 Å². The Morgan fingerprint density at radius 1 is 1.24 bits per heavy atom. The molecule has 0 radical (unpaired) electrons. The number of anilines is 2. The Kier molecular flexibility index (Phi) is 4.73. The highest BCUT2D eigenvalue weighted by atomic mass is 19.1. The van der Waals surface area contributed by atoms with Gasteiger partial charge in [0.2, 0.25) is 0 Å². The van der Waals surface area contributed by atoms with Gasteiger partial charge in [0.15, 0.2) is 0 Å². The molecule has 0 aliphatic carbocycles. The van der Waals surface area contributed by atoms with Crippen LogP contribution in [0, 0.1) is 12.7 Å². The molecule has 1 aromatic heterocycles. The molecule has 2 aromatic rings. The van der Waals surface area contributed by atoms with E-state index >= 15 is 0 Å². The number of rotatable bonds is 5. The minimum Gasteiger partial charge on any atom is -0.383 e. The summed E-state index contributed by atoms with van der Waals surface area (Å²) >= 11 is 0. The van der Waals surface area contributed by atoms with Crippen LogP contribution in [0.2, 0.25) is 0 Å². The van der Waals surface area contributed by atoms with Gasteiger partial charge in [0.25, 0.3) is 0 Å². The van der Waals surface area contributed by atoms with E-state index in [0.717, 1.165) is 35.6 Å². The van der Waals surface area contributed by atoms with Gasteiger partial charge >= 0.3 is 0 Å². The van der Waals surface area contributed by atoms with E-state index in [2.05, 4.69) is 22.2 Å². The summed E-state index contributed by atoms with van der Waals surface area (Å²) in [6, 6.07) is 6.71. The number of nitrogens with one attached hydrogen (secondary N) is 1. The second kappa shape index (κ2) is 6.52. The molecule has 0 saturated carbocycles. The molecule has 0 saturated heterocycles. The Morgan fingerprint density at radius 2 is 1.90 bits per heavy atom. The number of aromatic nitrogens is 2. The van der Waals surface area contributed by atoms with E-state index in [0.29, 0.717) is 5.82 Å². The third kappa shape index (κ3) is 3.90. The van der Waals surface area contributed by atoms with E-state index in [9.17, 15) is 4.39 Å². The molecule has 0 amide bonds. The normalized spacial score (nSPS) is 12.2. The Balaban J connectivity index is 2.10. The summed E-state index contributed by atoms with van der Waals surface area (Å²) in [5.74, 6) is 1.80. The Morgan fingerprint density at radius 3 is 2.52 bits per heavy atom. The highest BCUT2D eigenvalue weighted by molar-refractivity contribution is 5.55. The van der Waals surface area contributed by atoms with E-state index in [1.807, 2.05) is 13.8 Å². The van der Waals surface area contributed by atoms with Crippen LogP contribution in [0.25, 0.3) is 0 Å². The average molecular weight is 288 g/mol. The highest BCUT2D eigenvalue weighted by Crippen LogP contribution is 2.19. The molecule has 21 heavy (non-hydrogen) atoms. The van der Waals surface area contributed by atoms with Crippen molar-refractivity contribution in [1.29, 1.82) is 0 Å². The average Bonchev–Trinajstić information content (AvgIpc) is 2.46. The summed E-state index contributed by atoms with van der Waals surface area (Å²) in [5.41, 5.74) is 7.84. The predicted molar refractivity (Wildman–Crippen MR) is 83.7 cm³/mol. The molecule has 1 heterocycles. The van der Waals surface area contributed by atoms with Crippen LogP contribution in [0.15, 0.2) is 24.3 Å². The molecule has 0 fully saturated rings. The van der Waals surface area contributed by atoms with Crippen molar-refractivity contribution >= 4 is 11.6 Å². The maximum absolute atomic E-state index is 12.9. The number of benzene rings is 1. The Bertz CT molecular complexity index is 610. The van der Waals surface area contributed by atoms with Gasteiger partial charge in [-0.15, -0.1) is 0 Å². The highest BCUT2D eigenvalue weighted by Gasteiger charge is 2.11. The molecule has 0 aliphatic heterocycles. The predicted octanol–water partition coefficient (Wildman–Crippen LogP) is 3.11. The molecular weight excluding hydrogens is 267 g/mol. The summed E-state index contributed by atoms with van der Waals surface area (Å²) in [6.45, 7) is 5.96. The molecule has 1 unspecified atom stereocenters. The summed E-state index contributed by atoms with van der Waals surface area (Å²) in [5, 5.41) is 3.36. The third-order valence-corrected chi connectivity index (χ3v) is 3.38. The zero-order chi connectivity index (χ0) is 15.4. The zero-order valence-corrected chi connectivity index (χ0v) is 12.7. The molecule has 4 nitrogen and oxygen atoms in total. The molecule has 0 aliphatic rings. The van der Waals surface area contributed by atoms with Crippen LogP contribution in [0.3, 0.4) is 0 Å². The number of nitrogens with zero attached hydrogens (tertiary/aromatic N) is 2. The van der Waals surface area contributed by atoms with Crippen molar-refractivity contribution in [1.82, 2.24) is 9.97 Å². The second-order valence-electron chi connectivity index (χ2n) is 5.23. The number of hydrogen-bond acceptors (Lipinski definition) is 4. The van der Waals surface area contributed by atoms with Gasteiger partial charge in [-0.3, -0.25) is 0 Å². The summed E-state index contributed by atoms with van der Waals surface area (Å²) in [7, 11) is 0. The van der Waals surface area contributed by atoms with Crippen molar-refractivity contribution in [3.8, 4) is 0 Å². The van der Waals surface area contributed by atoms with Gasteiger partial charge in [-0.25, -0.2) is 14.4 Å². The quantitative estimate of drug-likeness (QED) is 0.887. The third-order valence-electron chi connectivity index (χ3n) is 3.38. The van der Waals surface area contributed by atoms with Gasteiger partial charge in [0.05, 0.1) is 0 Å². The molecule has 112 valence electrons. The van der Waals surface area contributed by atoms with Gasteiger partial charge in [-0.2, -0.15) is 0 Å². The molecule has 2 rings (SSSR count). The summed E-state index contributed by atoms with van der Waals surface area (Å²) < 4.78 is 12.9. The molecule has 0 bridgehead atoms. The van der Waals surface area contributed by atoms with Gasteiger partial charge in [-0.05, 0) is 38.0 Å². The smallest absolute Gasteiger partial charge is 0.134 e. The maximum atomic E-state index is 12.9. The van der Waals surface area contributed by atoms with E-state index in [4.69, 9.17) is 5.73 Å². The SMILES string of the molecule is CCc1nc(N)c(C)c(NC(C)Cc2ccc(F)cc2)n1. The summed E-state index contributed by atoms with van der Waals surface area (Å²) in [4.78, 5) is 8.72.